The standard InChI is InChI=1S/C19H19F3N4O3S/c20-10-5-6-11(13(21)8-10)17-24-25-18(30-17)16(27)23-15-12(19(28)29)2-1-7-26(15)14(22)9-3-4-9/h5-6,8-9,12,14-15H,1-4,7H2,(H,23,27)(H,28,29)/t12-,14?,15?/m0/s1. The lowest BCUT2D eigenvalue weighted by molar-refractivity contribution is -0.149. The zero-order chi connectivity index (χ0) is 21.4. The molecule has 1 aliphatic heterocycles. The number of rotatable bonds is 6. The van der Waals surface area contributed by atoms with Crippen molar-refractivity contribution in [3.8, 4) is 10.6 Å². The third-order valence-corrected chi connectivity index (χ3v) is 6.33. The molecule has 1 amide bonds. The van der Waals surface area contributed by atoms with Crippen molar-refractivity contribution in [1.82, 2.24) is 20.4 Å². The second kappa shape index (κ2) is 8.31. The number of aliphatic carboxylic acids is 1. The second-order valence-electron chi connectivity index (χ2n) is 7.49. The van der Waals surface area contributed by atoms with E-state index < -0.39 is 41.9 Å². The molecule has 2 heterocycles. The summed E-state index contributed by atoms with van der Waals surface area (Å²) in [5.41, 5.74) is -0.00629. The molecule has 1 aromatic carbocycles. The first-order valence-corrected chi connectivity index (χ1v) is 10.4. The predicted molar refractivity (Wildman–Crippen MR) is 101 cm³/mol. The first-order chi connectivity index (χ1) is 14.3. The Balaban J connectivity index is 1.54. The summed E-state index contributed by atoms with van der Waals surface area (Å²) in [5, 5.41) is 19.6. The Kier molecular flexibility index (Phi) is 5.74. The Bertz CT molecular complexity index is 968. The van der Waals surface area contributed by atoms with Crippen LogP contribution in [0.3, 0.4) is 0 Å². The second-order valence-corrected chi connectivity index (χ2v) is 8.47. The number of benzene rings is 1. The van der Waals surface area contributed by atoms with Crippen molar-refractivity contribution < 1.29 is 27.9 Å². The number of carbonyl (C=O) groups is 2. The average molecular weight is 440 g/mol. The van der Waals surface area contributed by atoms with Crippen molar-refractivity contribution in [3.63, 3.8) is 0 Å². The SMILES string of the molecule is O=C(NC1[C@@H](C(=O)O)CCCN1C(F)C1CC1)c1nnc(-c2ccc(F)cc2F)s1. The summed E-state index contributed by atoms with van der Waals surface area (Å²) in [6.45, 7) is 0.342. The number of amides is 1. The van der Waals surface area contributed by atoms with Crippen LogP contribution in [0.5, 0.6) is 0 Å². The molecule has 0 radical (unpaired) electrons. The van der Waals surface area contributed by atoms with E-state index in [-0.39, 0.29) is 21.5 Å². The Hall–Kier alpha value is -2.53. The van der Waals surface area contributed by atoms with Crippen LogP contribution in [0.4, 0.5) is 13.2 Å². The first kappa shape index (κ1) is 20.7. The van der Waals surface area contributed by atoms with Crippen molar-refractivity contribution in [2.24, 2.45) is 11.8 Å². The number of aromatic nitrogens is 2. The highest BCUT2D eigenvalue weighted by Crippen LogP contribution is 2.39. The van der Waals surface area contributed by atoms with Crippen molar-refractivity contribution in [1.29, 1.82) is 0 Å². The van der Waals surface area contributed by atoms with Gasteiger partial charge in [-0.15, -0.1) is 10.2 Å². The van der Waals surface area contributed by atoms with E-state index >= 15 is 0 Å². The third-order valence-electron chi connectivity index (χ3n) is 5.37. The Morgan fingerprint density at radius 3 is 2.67 bits per heavy atom. The fourth-order valence-corrected chi connectivity index (χ4v) is 4.44. The van der Waals surface area contributed by atoms with Gasteiger partial charge in [0.1, 0.15) is 11.6 Å². The van der Waals surface area contributed by atoms with E-state index in [4.69, 9.17) is 0 Å². The summed E-state index contributed by atoms with van der Waals surface area (Å²) in [6.07, 6.45) is -0.0393. The van der Waals surface area contributed by atoms with Crippen LogP contribution in [-0.4, -0.2) is 51.1 Å². The highest BCUT2D eigenvalue weighted by atomic mass is 32.1. The highest BCUT2D eigenvalue weighted by Gasteiger charge is 2.45. The van der Waals surface area contributed by atoms with Gasteiger partial charge in [0.25, 0.3) is 5.91 Å². The van der Waals surface area contributed by atoms with E-state index in [2.05, 4.69) is 15.5 Å². The smallest absolute Gasteiger partial charge is 0.309 e. The lowest BCUT2D eigenvalue weighted by Gasteiger charge is -2.41. The molecule has 0 spiro atoms. The fraction of sp³-hybridized carbons (Fsp3) is 0.474. The summed E-state index contributed by atoms with van der Waals surface area (Å²) in [7, 11) is 0. The van der Waals surface area contributed by atoms with Crippen LogP contribution in [0.2, 0.25) is 0 Å². The summed E-state index contributed by atoms with van der Waals surface area (Å²) < 4.78 is 41.9. The number of nitrogens with zero attached hydrogens (tertiary/aromatic N) is 3. The zero-order valence-corrected chi connectivity index (χ0v) is 16.5. The molecule has 2 N–H and O–H groups in total. The minimum Gasteiger partial charge on any atom is -0.481 e. The van der Waals surface area contributed by atoms with Crippen LogP contribution in [0.15, 0.2) is 18.2 Å². The van der Waals surface area contributed by atoms with Crippen LogP contribution >= 0.6 is 11.3 Å². The highest BCUT2D eigenvalue weighted by molar-refractivity contribution is 7.16. The maximum atomic E-state index is 14.8. The monoisotopic (exact) mass is 440 g/mol. The van der Waals surface area contributed by atoms with E-state index in [1.807, 2.05) is 0 Å². The van der Waals surface area contributed by atoms with Crippen LogP contribution in [0.1, 0.15) is 35.5 Å². The molecule has 160 valence electrons. The van der Waals surface area contributed by atoms with Gasteiger partial charge in [-0.25, -0.2) is 13.2 Å². The average Bonchev–Trinajstić information content (AvgIpc) is 3.44. The van der Waals surface area contributed by atoms with Gasteiger partial charge in [0.05, 0.1) is 12.1 Å². The fourth-order valence-electron chi connectivity index (χ4n) is 3.67. The first-order valence-electron chi connectivity index (χ1n) is 9.57. The zero-order valence-electron chi connectivity index (χ0n) is 15.7. The number of piperidine rings is 1. The molecule has 2 fully saturated rings. The summed E-state index contributed by atoms with van der Waals surface area (Å²) >= 11 is 0.784. The van der Waals surface area contributed by atoms with Gasteiger partial charge in [0.2, 0.25) is 5.01 Å². The van der Waals surface area contributed by atoms with Crippen LogP contribution in [0, 0.1) is 23.5 Å². The Morgan fingerprint density at radius 1 is 1.23 bits per heavy atom. The van der Waals surface area contributed by atoms with Gasteiger partial charge in [-0.1, -0.05) is 11.3 Å². The van der Waals surface area contributed by atoms with Gasteiger partial charge < -0.3 is 10.4 Å². The number of carbonyl (C=O) groups excluding carboxylic acids is 1. The van der Waals surface area contributed by atoms with E-state index in [0.29, 0.717) is 25.5 Å². The maximum absolute atomic E-state index is 14.8. The molecular weight excluding hydrogens is 421 g/mol. The molecule has 1 saturated heterocycles. The summed E-state index contributed by atoms with van der Waals surface area (Å²) in [5.74, 6) is -4.51. The quantitative estimate of drug-likeness (QED) is 0.671. The molecule has 30 heavy (non-hydrogen) atoms. The molecular formula is C19H19F3N4O3S. The lowest BCUT2D eigenvalue weighted by atomic mass is 9.93. The molecule has 3 atom stereocenters. The van der Waals surface area contributed by atoms with E-state index in [1.54, 1.807) is 0 Å². The number of nitrogens with one attached hydrogen (secondary N) is 1. The minimum atomic E-state index is -1.32. The number of likely N-dealkylation sites (tertiary alicyclic amines) is 1. The Labute approximate surface area is 173 Å². The van der Waals surface area contributed by atoms with Crippen molar-refractivity contribution in [2.45, 2.75) is 38.1 Å². The topological polar surface area (TPSA) is 95.4 Å². The molecule has 0 bridgehead atoms. The third kappa shape index (κ3) is 4.17. The number of carboxylic acids is 1. The van der Waals surface area contributed by atoms with Gasteiger partial charge in [-0.2, -0.15) is 0 Å². The number of hydrogen-bond acceptors (Lipinski definition) is 6. The molecule has 2 unspecified atom stereocenters. The van der Waals surface area contributed by atoms with E-state index in [0.717, 1.165) is 30.2 Å². The molecule has 4 rings (SSSR count). The van der Waals surface area contributed by atoms with Gasteiger partial charge in [0, 0.05) is 24.1 Å². The normalized spacial score (nSPS) is 23.2. The van der Waals surface area contributed by atoms with Crippen molar-refractivity contribution >= 4 is 23.2 Å². The maximum Gasteiger partial charge on any atom is 0.309 e. The molecule has 1 aliphatic carbocycles. The molecule has 11 heteroatoms. The van der Waals surface area contributed by atoms with E-state index in [9.17, 15) is 27.9 Å². The molecule has 1 saturated carbocycles. The van der Waals surface area contributed by atoms with Crippen molar-refractivity contribution in [2.75, 3.05) is 6.54 Å². The molecule has 7 nitrogen and oxygen atoms in total. The van der Waals surface area contributed by atoms with Crippen molar-refractivity contribution in [3.05, 3.63) is 34.8 Å². The largest absolute Gasteiger partial charge is 0.481 e. The number of halogens is 3. The van der Waals surface area contributed by atoms with Gasteiger partial charge in [-0.05, 0) is 37.8 Å². The summed E-state index contributed by atoms with van der Waals surface area (Å²) in [4.78, 5) is 25.8. The molecule has 2 aromatic rings. The summed E-state index contributed by atoms with van der Waals surface area (Å²) in [6, 6.07) is 2.96. The molecule has 2 aliphatic rings. The number of alkyl halides is 1. The lowest BCUT2D eigenvalue weighted by Crippen LogP contribution is -2.59. The van der Waals surface area contributed by atoms with Crippen LogP contribution in [0.25, 0.3) is 10.6 Å². The van der Waals surface area contributed by atoms with Gasteiger partial charge in [0.15, 0.2) is 11.3 Å². The van der Waals surface area contributed by atoms with Gasteiger partial charge in [-0.3, -0.25) is 14.5 Å². The minimum absolute atomic E-state index is 0.00629. The Morgan fingerprint density at radius 2 is 2.00 bits per heavy atom. The predicted octanol–water partition coefficient (Wildman–Crippen LogP) is 3.04. The van der Waals surface area contributed by atoms with Crippen LogP contribution in [-0.2, 0) is 4.79 Å². The van der Waals surface area contributed by atoms with Gasteiger partial charge >= 0.3 is 5.97 Å². The van der Waals surface area contributed by atoms with E-state index in [1.165, 1.54) is 11.0 Å². The molecule has 1 aromatic heterocycles. The number of hydrogen-bond donors (Lipinski definition) is 2. The number of carboxylic acid groups (broad SMARTS) is 1. The van der Waals surface area contributed by atoms with Crippen LogP contribution < -0.4 is 5.32 Å².